The summed E-state index contributed by atoms with van der Waals surface area (Å²) in [6, 6.07) is 0. The lowest BCUT2D eigenvalue weighted by Gasteiger charge is -2.19. The van der Waals surface area contributed by atoms with Gasteiger partial charge in [0.15, 0.2) is 0 Å². The van der Waals surface area contributed by atoms with E-state index in [9.17, 15) is 0 Å². The third-order valence-corrected chi connectivity index (χ3v) is 2.63. The summed E-state index contributed by atoms with van der Waals surface area (Å²) in [5, 5.41) is 0. The maximum Gasteiger partial charge on any atom is 0.0471 e. The topological polar surface area (TPSA) is 35.2 Å². The molecule has 2 heteroatoms. The van der Waals surface area contributed by atoms with Gasteiger partial charge in [-0.2, -0.15) is 0 Å². The van der Waals surface area contributed by atoms with Gasteiger partial charge in [-0.05, 0) is 45.4 Å². The Morgan fingerprint density at radius 3 is 2.57 bits per heavy atom. The molecular weight excluding hydrogens is 174 g/mol. The third-order valence-electron chi connectivity index (χ3n) is 2.63. The number of hydrogen-bond acceptors (Lipinski definition) is 2. The summed E-state index contributed by atoms with van der Waals surface area (Å²) in [5.41, 5.74) is 5.87. The van der Waals surface area contributed by atoms with Crippen LogP contribution in [0.2, 0.25) is 0 Å². The minimum absolute atomic E-state index is 0.0278. The van der Waals surface area contributed by atoms with Crippen molar-refractivity contribution in [2.24, 2.45) is 11.7 Å². The van der Waals surface area contributed by atoms with Crippen molar-refractivity contribution in [1.82, 2.24) is 0 Å². The molecule has 0 atom stereocenters. The first-order chi connectivity index (χ1) is 6.58. The second-order valence-corrected chi connectivity index (χ2v) is 4.91. The molecule has 1 saturated heterocycles. The predicted molar refractivity (Wildman–Crippen MR) is 60.2 cm³/mol. The van der Waals surface area contributed by atoms with Crippen molar-refractivity contribution in [3.8, 4) is 0 Å². The Morgan fingerprint density at radius 1 is 1.36 bits per heavy atom. The van der Waals surface area contributed by atoms with E-state index in [0.29, 0.717) is 0 Å². The summed E-state index contributed by atoms with van der Waals surface area (Å²) in [7, 11) is 0. The van der Waals surface area contributed by atoms with E-state index in [1.165, 1.54) is 12.8 Å². The summed E-state index contributed by atoms with van der Waals surface area (Å²) >= 11 is 0. The molecule has 0 saturated carbocycles. The zero-order chi connectivity index (χ0) is 10.4. The molecule has 82 valence electrons. The van der Waals surface area contributed by atoms with Crippen molar-refractivity contribution in [2.75, 3.05) is 13.2 Å². The van der Waals surface area contributed by atoms with E-state index in [2.05, 4.69) is 26.0 Å². The molecule has 1 heterocycles. The van der Waals surface area contributed by atoms with Gasteiger partial charge >= 0.3 is 0 Å². The molecular formula is C12H23NO. The Morgan fingerprint density at radius 2 is 2.00 bits per heavy atom. The molecule has 0 bridgehead atoms. The van der Waals surface area contributed by atoms with Crippen molar-refractivity contribution in [2.45, 2.75) is 45.1 Å². The molecule has 0 aromatic heterocycles. The first-order valence-electron chi connectivity index (χ1n) is 5.61. The van der Waals surface area contributed by atoms with Crippen LogP contribution in [0.1, 0.15) is 39.5 Å². The van der Waals surface area contributed by atoms with Gasteiger partial charge in [0.25, 0.3) is 0 Å². The number of nitrogens with two attached hydrogens (primary N) is 1. The van der Waals surface area contributed by atoms with Crippen LogP contribution in [0, 0.1) is 5.92 Å². The second kappa shape index (κ2) is 5.52. The first kappa shape index (κ1) is 11.7. The van der Waals surface area contributed by atoms with Crippen LogP contribution in [0.3, 0.4) is 0 Å². The summed E-state index contributed by atoms with van der Waals surface area (Å²) in [6.07, 6.45) is 9.15. The predicted octanol–water partition coefficient (Wildman–Crippen LogP) is 2.49. The molecule has 0 aliphatic carbocycles. The Balaban J connectivity index is 2.13. The standard InChI is InChI=1S/C12H23NO/c1-12(2,13)8-4-3-5-11-6-9-14-10-7-11/h3,5,11H,4,6-10,13H2,1-2H3/b5-3+. The van der Waals surface area contributed by atoms with Gasteiger partial charge in [0.2, 0.25) is 0 Å². The van der Waals surface area contributed by atoms with Gasteiger partial charge < -0.3 is 10.5 Å². The first-order valence-corrected chi connectivity index (χ1v) is 5.61. The van der Waals surface area contributed by atoms with Gasteiger partial charge in [0, 0.05) is 18.8 Å². The van der Waals surface area contributed by atoms with E-state index in [-0.39, 0.29) is 5.54 Å². The molecule has 14 heavy (non-hydrogen) atoms. The highest BCUT2D eigenvalue weighted by Gasteiger charge is 2.11. The van der Waals surface area contributed by atoms with Crippen LogP contribution in [-0.2, 0) is 4.74 Å². The van der Waals surface area contributed by atoms with Crippen molar-refractivity contribution < 1.29 is 4.74 Å². The zero-order valence-corrected chi connectivity index (χ0v) is 9.46. The minimum atomic E-state index is -0.0278. The lowest BCUT2D eigenvalue weighted by Crippen LogP contribution is -2.31. The molecule has 0 amide bonds. The lowest BCUT2D eigenvalue weighted by atomic mass is 9.97. The van der Waals surface area contributed by atoms with E-state index in [0.717, 1.165) is 32.0 Å². The van der Waals surface area contributed by atoms with E-state index in [1.54, 1.807) is 0 Å². The fourth-order valence-corrected chi connectivity index (χ4v) is 1.65. The van der Waals surface area contributed by atoms with E-state index >= 15 is 0 Å². The Hall–Kier alpha value is -0.340. The molecule has 0 spiro atoms. The highest BCUT2D eigenvalue weighted by molar-refractivity contribution is 4.91. The maximum absolute atomic E-state index is 5.90. The highest BCUT2D eigenvalue weighted by Crippen LogP contribution is 2.17. The van der Waals surface area contributed by atoms with Crippen LogP contribution in [0.4, 0.5) is 0 Å². The molecule has 1 aliphatic rings. The van der Waals surface area contributed by atoms with E-state index in [1.807, 2.05) is 0 Å². The Kier molecular flexibility index (Phi) is 4.63. The molecule has 0 unspecified atom stereocenters. The molecule has 0 aromatic rings. The van der Waals surface area contributed by atoms with Crippen molar-refractivity contribution in [3.05, 3.63) is 12.2 Å². The minimum Gasteiger partial charge on any atom is -0.381 e. The van der Waals surface area contributed by atoms with Crippen LogP contribution < -0.4 is 5.73 Å². The van der Waals surface area contributed by atoms with Crippen LogP contribution >= 0.6 is 0 Å². The molecule has 0 radical (unpaired) electrons. The largest absolute Gasteiger partial charge is 0.381 e. The van der Waals surface area contributed by atoms with Crippen LogP contribution in [-0.4, -0.2) is 18.8 Å². The fraction of sp³-hybridized carbons (Fsp3) is 0.833. The normalized spacial score (nSPS) is 20.5. The number of hydrogen-bond donors (Lipinski definition) is 1. The van der Waals surface area contributed by atoms with Crippen LogP contribution in [0.5, 0.6) is 0 Å². The lowest BCUT2D eigenvalue weighted by molar-refractivity contribution is 0.0785. The monoisotopic (exact) mass is 197 g/mol. The van der Waals surface area contributed by atoms with Crippen LogP contribution in [0.25, 0.3) is 0 Å². The summed E-state index contributed by atoms with van der Waals surface area (Å²) in [4.78, 5) is 0. The van der Waals surface area contributed by atoms with Crippen molar-refractivity contribution >= 4 is 0 Å². The molecule has 1 fully saturated rings. The zero-order valence-electron chi connectivity index (χ0n) is 9.46. The van der Waals surface area contributed by atoms with Crippen LogP contribution in [0.15, 0.2) is 12.2 Å². The van der Waals surface area contributed by atoms with Gasteiger partial charge in [-0.25, -0.2) is 0 Å². The Bertz CT molecular complexity index is 175. The number of rotatable bonds is 4. The molecule has 2 N–H and O–H groups in total. The second-order valence-electron chi connectivity index (χ2n) is 4.91. The smallest absolute Gasteiger partial charge is 0.0471 e. The van der Waals surface area contributed by atoms with Crippen molar-refractivity contribution in [1.29, 1.82) is 0 Å². The molecule has 1 aliphatic heterocycles. The van der Waals surface area contributed by atoms with E-state index in [4.69, 9.17) is 10.5 Å². The molecule has 0 aromatic carbocycles. The number of allylic oxidation sites excluding steroid dienone is 2. The highest BCUT2D eigenvalue weighted by atomic mass is 16.5. The van der Waals surface area contributed by atoms with Gasteiger partial charge in [-0.1, -0.05) is 12.2 Å². The Labute approximate surface area is 87.5 Å². The van der Waals surface area contributed by atoms with E-state index < -0.39 is 0 Å². The third kappa shape index (κ3) is 5.40. The fourth-order valence-electron chi connectivity index (χ4n) is 1.65. The summed E-state index contributed by atoms with van der Waals surface area (Å²) in [6.45, 7) is 6.01. The number of ether oxygens (including phenoxy) is 1. The van der Waals surface area contributed by atoms with Crippen molar-refractivity contribution in [3.63, 3.8) is 0 Å². The average molecular weight is 197 g/mol. The van der Waals surface area contributed by atoms with Gasteiger partial charge in [0.05, 0.1) is 0 Å². The van der Waals surface area contributed by atoms with Gasteiger partial charge in [0.1, 0.15) is 0 Å². The maximum atomic E-state index is 5.90. The molecule has 1 rings (SSSR count). The SMILES string of the molecule is CC(C)(N)CC/C=C/C1CCOCC1. The molecule has 2 nitrogen and oxygen atoms in total. The average Bonchev–Trinajstić information content (AvgIpc) is 2.13. The summed E-state index contributed by atoms with van der Waals surface area (Å²) < 4.78 is 5.31. The van der Waals surface area contributed by atoms with Gasteiger partial charge in [-0.15, -0.1) is 0 Å². The van der Waals surface area contributed by atoms with Gasteiger partial charge in [-0.3, -0.25) is 0 Å². The quantitative estimate of drug-likeness (QED) is 0.703. The summed E-state index contributed by atoms with van der Waals surface area (Å²) in [5.74, 6) is 0.740.